The molecule has 0 atom stereocenters. The molecule has 0 aliphatic carbocycles. The maximum Gasteiger partial charge on any atom is 0.278 e. The van der Waals surface area contributed by atoms with Gasteiger partial charge in [0.25, 0.3) is 5.91 Å². The summed E-state index contributed by atoms with van der Waals surface area (Å²) in [6, 6.07) is 1.65. The maximum absolute atomic E-state index is 12.3. The minimum atomic E-state index is -0.301. The van der Waals surface area contributed by atoms with Crippen LogP contribution in [0.15, 0.2) is 24.7 Å². The first-order valence-electron chi connectivity index (χ1n) is 7.36. The zero-order valence-electron chi connectivity index (χ0n) is 13.0. The Balaban J connectivity index is 2.24. The molecule has 1 aliphatic rings. The van der Waals surface area contributed by atoms with Gasteiger partial charge in [-0.2, -0.15) is 4.73 Å². The van der Waals surface area contributed by atoms with Crippen LogP contribution in [0, 0.1) is 5.21 Å². The monoisotopic (exact) mass is 307 g/mol. The van der Waals surface area contributed by atoms with E-state index in [9.17, 15) is 10.0 Å². The third-order valence-electron chi connectivity index (χ3n) is 4.06. The van der Waals surface area contributed by atoms with Crippen LogP contribution in [-0.2, 0) is 5.41 Å². The van der Waals surface area contributed by atoms with E-state index in [4.69, 9.17) is 4.98 Å². The highest BCUT2D eigenvalue weighted by atomic mass is 16.5. The number of H-pyrrole nitrogens is 1. The van der Waals surface area contributed by atoms with Crippen molar-refractivity contribution >= 4 is 33.8 Å². The summed E-state index contributed by atoms with van der Waals surface area (Å²) in [5.74, 6) is 0.511. The average Bonchev–Trinajstić information content (AvgIpc) is 2.93. The van der Waals surface area contributed by atoms with Gasteiger partial charge in [-0.05, 0) is 6.08 Å². The number of nitrogens with zero attached hydrogens (tertiary/aromatic N) is 3. The summed E-state index contributed by atoms with van der Waals surface area (Å²) in [6.07, 6.45) is 6.15. The SMILES string of the molecule is CC(C)(C)c1nc2c([nH]1)c1c(c3cc[n+]([O-])cc32)C(=O)[N]C=C1. The van der Waals surface area contributed by atoms with Crippen LogP contribution in [0.25, 0.3) is 27.9 Å². The lowest BCUT2D eigenvalue weighted by Crippen LogP contribution is -2.24. The number of aromatic amines is 1. The van der Waals surface area contributed by atoms with Crippen LogP contribution in [0.1, 0.15) is 42.5 Å². The predicted octanol–water partition coefficient (Wildman–Crippen LogP) is 2.38. The summed E-state index contributed by atoms with van der Waals surface area (Å²) in [6.45, 7) is 6.18. The van der Waals surface area contributed by atoms with Crippen molar-refractivity contribution in [1.29, 1.82) is 0 Å². The molecule has 0 spiro atoms. The molecule has 0 saturated heterocycles. The van der Waals surface area contributed by atoms with Crippen molar-refractivity contribution in [2.24, 2.45) is 0 Å². The highest BCUT2D eigenvalue weighted by Gasteiger charge is 2.27. The first-order chi connectivity index (χ1) is 10.9. The number of nitrogens with one attached hydrogen (secondary N) is 1. The first-order valence-corrected chi connectivity index (χ1v) is 7.36. The van der Waals surface area contributed by atoms with E-state index in [2.05, 4.69) is 31.1 Å². The van der Waals surface area contributed by atoms with Gasteiger partial charge in [-0.3, -0.25) is 4.79 Å². The molecular formula is C17H15N4O2. The van der Waals surface area contributed by atoms with Gasteiger partial charge >= 0.3 is 0 Å². The fraction of sp³-hybridized carbons (Fsp3) is 0.235. The Morgan fingerprint density at radius 1 is 1.26 bits per heavy atom. The van der Waals surface area contributed by atoms with Crippen molar-refractivity contribution in [2.45, 2.75) is 26.2 Å². The molecule has 3 aromatic rings. The minimum absolute atomic E-state index is 0.173. The van der Waals surface area contributed by atoms with Gasteiger partial charge in [0, 0.05) is 28.6 Å². The number of rotatable bonds is 0. The Hall–Kier alpha value is -2.89. The van der Waals surface area contributed by atoms with Gasteiger partial charge in [0.1, 0.15) is 11.3 Å². The van der Waals surface area contributed by atoms with Crippen LogP contribution < -0.4 is 10.0 Å². The Morgan fingerprint density at radius 2 is 2.04 bits per heavy atom. The van der Waals surface area contributed by atoms with Crippen molar-refractivity contribution in [1.82, 2.24) is 15.3 Å². The van der Waals surface area contributed by atoms with E-state index < -0.39 is 0 Å². The summed E-state index contributed by atoms with van der Waals surface area (Å²) in [5, 5.41) is 17.0. The topological polar surface area (TPSA) is 86.8 Å². The van der Waals surface area contributed by atoms with Gasteiger partial charge in [0.05, 0.1) is 16.5 Å². The summed E-state index contributed by atoms with van der Waals surface area (Å²) < 4.78 is 0.722. The van der Waals surface area contributed by atoms with E-state index in [1.807, 2.05) is 0 Å². The average molecular weight is 307 g/mol. The molecule has 1 amide bonds. The van der Waals surface area contributed by atoms with Gasteiger partial charge in [0.15, 0.2) is 12.4 Å². The van der Waals surface area contributed by atoms with Crippen LogP contribution in [0.5, 0.6) is 0 Å². The van der Waals surface area contributed by atoms with Gasteiger partial charge in [-0.25, -0.2) is 10.3 Å². The van der Waals surface area contributed by atoms with Crippen molar-refractivity contribution in [3.63, 3.8) is 0 Å². The number of amides is 1. The Bertz CT molecular complexity index is 1010. The van der Waals surface area contributed by atoms with Crippen LogP contribution in [0.2, 0.25) is 0 Å². The number of imidazole rings is 1. The second kappa shape index (κ2) is 4.32. The van der Waals surface area contributed by atoms with E-state index in [-0.39, 0.29) is 11.3 Å². The molecule has 3 heterocycles. The quantitative estimate of drug-likeness (QED) is 0.511. The molecule has 6 heteroatoms. The number of carbonyl (C=O) groups excluding carboxylic acids is 1. The zero-order valence-corrected chi connectivity index (χ0v) is 13.0. The van der Waals surface area contributed by atoms with Crippen LogP contribution in [-0.4, -0.2) is 15.9 Å². The normalized spacial score (nSPS) is 14.3. The minimum Gasteiger partial charge on any atom is -0.619 e. The smallest absolute Gasteiger partial charge is 0.278 e. The molecule has 2 aromatic heterocycles. The molecule has 6 nitrogen and oxygen atoms in total. The van der Waals surface area contributed by atoms with Gasteiger partial charge in [-0.1, -0.05) is 20.8 Å². The molecule has 4 rings (SSSR count). The van der Waals surface area contributed by atoms with Crippen molar-refractivity contribution in [3.8, 4) is 0 Å². The molecule has 1 radical (unpaired) electrons. The number of pyridine rings is 1. The van der Waals surface area contributed by atoms with E-state index in [1.165, 1.54) is 18.6 Å². The number of benzene rings is 1. The molecular weight excluding hydrogens is 292 g/mol. The molecule has 23 heavy (non-hydrogen) atoms. The third-order valence-corrected chi connectivity index (χ3v) is 4.06. The van der Waals surface area contributed by atoms with Crippen molar-refractivity contribution < 1.29 is 9.52 Å². The standard InChI is InChI=1S/C17H15N4O2/c1-17(2,3)16-19-13-10-4-6-18-15(22)12(10)9-5-7-21(23)8-11(9)14(13)20-16/h4-8H,1-3H3,(H,19,20). The molecule has 0 saturated carbocycles. The van der Waals surface area contributed by atoms with Crippen molar-refractivity contribution in [3.05, 3.63) is 46.8 Å². The van der Waals surface area contributed by atoms with Gasteiger partial charge in [-0.15, -0.1) is 0 Å². The lowest BCUT2D eigenvalue weighted by atomic mass is 9.96. The van der Waals surface area contributed by atoms with E-state index in [0.29, 0.717) is 21.9 Å². The Morgan fingerprint density at radius 3 is 2.78 bits per heavy atom. The van der Waals surface area contributed by atoms with Gasteiger partial charge < -0.3 is 10.2 Å². The van der Waals surface area contributed by atoms with Crippen LogP contribution >= 0.6 is 0 Å². The third kappa shape index (κ3) is 1.91. The fourth-order valence-corrected chi connectivity index (χ4v) is 2.91. The van der Waals surface area contributed by atoms with Crippen molar-refractivity contribution in [2.75, 3.05) is 0 Å². The summed E-state index contributed by atoms with van der Waals surface area (Å²) >= 11 is 0. The second-order valence-electron chi connectivity index (χ2n) is 6.73. The second-order valence-corrected chi connectivity index (χ2v) is 6.73. The Kier molecular flexibility index (Phi) is 2.58. The molecule has 1 aliphatic heterocycles. The van der Waals surface area contributed by atoms with Crippen LogP contribution in [0.4, 0.5) is 0 Å². The lowest BCUT2D eigenvalue weighted by Gasteiger charge is -2.14. The number of hydrogen-bond acceptors (Lipinski definition) is 3. The molecule has 0 fully saturated rings. The molecule has 115 valence electrons. The van der Waals surface area contributed by atoms with E-state index >= 15 is 0 Å². The summed E-state index contributed by atoms with van der Waals surface area (Å²) in [5.41, 5.74) is 2.59. The highest BCUT2D eigenvalue weighted by molar-refractivity contribution is 6.20. The molecule has 0 bridgehead atoms. The molecule has 1 N–H and O–H groups in total. The number of carbonyl (C=O) groups is 1. The van der Waals surface area contributed by atoms with Gasteiger partial charge in [0.2, 0.25) is 0 Å². The van der Waals surface area contributed by atoms with E-state index in [0.717, 1.165) is 21.6 Å². The van der Waals surface area contributed by atoms with E-state index in [1.54, 1.807) is 12.1 Å². The Labute approximate surface area is 132 Å². The number of aromatic nitrogens is 3. The number of hydrogen-bond donors (Lipinski definition) is 1. The summed E-state index contributed by atoms with van der Waals surface area (Å²) in [4.78, 5) is 20.3. The molecule has 1 aromatic carbocycles. The lowest BCUT2D eigenvalue weighted by molar-refractivity contribution is -0.603. The summed E-state index contributed by atoms with van der Waals surface area (Å²) in [7, 11) is 0. The highest BCUT2D eigenvalue weighted by Crippen LogP contribution is 2.35. The zero-order chi connectivity index (χ0) is 16.4. The maximum atomic E-state index is 12.3. The first kappa shape index (κ1) is 13.8. The molecule has 0 unspecified atom stereocenters. The predicted molar refractivity (Wildman–Crippen MR) is 86.8 cm³/mol. The number of fused-ring (bicyclic) bond motifs is 6. The fourth-order valence-electron chi connectivity index (χ4n) is 2.91. The largest absolute Gasteiger partial charge is 0.619 e. The van der Waals surface area contributed by atoms with Crippen LogP contribution in [0.3, 0.4) is 0 Å².